The van der Waals surface area contributed by atoms with Crippen molar-refractivity contribution >= 4 is 33.3 Å². The molecule has 0 aliphatic carbocycles. The van der Waals surface area contributed by atoms with Crippen LogP contribution in [0.2, 0.25) is 5.02 Å². The highest BCUT2D eigenvalue weighted by Gasteiger charge is 2.20. The molecule has 1 aliphatic rings. The lowest BCUT2D eigenvalue weighted by Gasteiger charge is -2.20. The van der Waals surface area contributed by atoms with Crippen LogP contribution < -0.4 is 0 Å². The largest absolute Gasteiger partial charge is 0.452 e. The zero-order chi connectivity index (χ0) is 17.7. The highest BCUT2D eigenvalue weighted by atomic mass is 35.5. The highest BCUT2D eigenvalue weighted by Crippen LogP contribution is 2.21. The summed E-state index contributed by atoms with van der Waals surface area (Å²) in [6.45, 7) is 0.958. The van der Waals surface area contributed by atoms with Gasteiger partial charge >= 0.3 is 5.97 Å². The van der Waals surface area contributed by atoms with Crippen LogP contribution >= 0.6 is 11.6 Å². The Balaban J connectivity index is 2.03. The van der Waals surface area contributed by atoms with E-state index in [0.717, 1.165) is 38.0 Å². The van der Waals surface area contributed by atoms with Gasteiger partial charge in [0.2, 0.25) is 0 Å². The third kappa shape index (κ3) is 4.95. The molecule has 0 unspecified atom stereocenters. The zero-order valence-corrected chi connectivity index (χ0v) is 15.0. The van der Waals surface area contributed by atoms with Gasteiger partial charge in [-0.15, -0.1) is 0 Å². The predicted octanol–water partition coefficient (Wildman–Crippen LogP) is 2.30. The van der Waals surface area contributed by atoms with E-state index in [9.17, 15) is 18.0 Å². The van der Waals surface area contributed by atoms with E-state index in [4.69, 9.17) is 16.3 Å². The number of esters is 1. The van der Waals surface area contributed by atoms with Crippen molar-refractivity contribution < 1.29 is 22.7 Å². The van der Waals surface area contributed by atoms with Gasteiger partial charge in [0.05, 0.1) is 15.5 Å². The van der Waals surface area contributed by atoms with E-state index in [0.29, 0.717) is 13.1 Å². The molecular formula is C16H20ClNO5S. The Morgan fingerprint density at radius 3 is 2.38 bits per heavy atom. The van der Waals surface area contributed by atoms with Crippen molar-refractivity contribution in [2.75, 3.05) is 26.0 Å². The molecule has 6 nitrogen and oxygen atoms in total. The van der Waals surface area contributed by atoms with Crippen molar-refractivity contribution in [3.8, 4) is 0 Å². The third-order valence-corrected chi connectivity index (χ3v) is 5.31. The number of benzene rings is 1. The first-order chi connectivity index (χ1) is 11.3. The fourth-order valence-corrected chi connectivity index (χ4v) is 3.35. The van der Waals surface area contributed by atoms with Gasteiger partial charge in [0.1, 0.15) is 0 Å². The number of carbonyl (C=O) groups is 2. The van der Waals surface area contributed by atoms with Gasteiger partial charge < -0.3 is 9.64 Å². The average molecular weight is 374 g/mol. The van der Waals surface area contributed by atoms with Gasteiger partial charge in [0, 0.05) is 19.3 Å². The number of sulfone groups is 1. The molecule has 1 heterocycles. The molecule has 24 heavy (non-hydrogen) atoms. The number of carbonyl (C=O) groups excluding carboxylic acids is 2. The molecule has 0 aromatic heterocycles. The first-order valence-electron chi connectivity index (χ1n) is 7.73. The van der Waals surface area contributed by atoms with Crippen LogP contribution in [0.3, 0.4) is 0 Å². The number of amides is 1. The molecule has 2 rings (SSSR count). The second-order valence-electron chi connectivity index (χ2n) is 5.78. The fraction of sp³-hybridized carbons (Fsp3) is 0.500. The molecule has 0 N–H and O–H groups in total. The Labute approximate surface area is 146 Å². The number of likely N-dealkylation sites (tertiary alicyclic amines) is 1. The van der Waals surface area contributed by atoms with Crippen molar-refractivity contribution in [2.45, 2.75) is 30.6 Å². The molecule has 1 aliphatic heterocycles. The first-order valence-corrected chi connectivity index (χ1v) is 10.0. The maximum atomic E-state index is 12.1. The summed E-state index contributed by atoms with van der Waals surface area (Å²) in [5.74, 6) is -1.06. The summed E-state index contributed by atoms with van der Waals surface area (Å²) in [5.41, 5.74) is -0.0664. The minimum absolute atomic E-state index is 0.0299. The molecule has 1 fully saturated rings. The van der Waals surface area contributed by atoms with Gasteiger partial charge in [-0.25, -0.2) is 13.2 Å². The van der Waals surface area contributed by atoms with Crippen LogP contribution in [-0.4, -0.2) is 51.1 Å². The SMILES string of the molecule is CS(=O)(=O)c1ccc(Cl)c(C(=O)OCC(=O)N2CCCCCC2)c1. The van der Waals surface area contributed by atoms with E-state index in [2.05, 4.69) is 0 Å². The van der Waals surface area contributed by atoms with E-state index < -0.39 is 15.8 Å². The Kier molecular flexibility index (Phi) is 6.23. The average Bonchev–Trinajstić information content (AvgIpc) is 2.80. The Hall–Kier alpha value is -1.60. The summed E-state index contributed by atoms with van der Waals surface area (Å²) in [6.07, 6.45) is 5.12. The summed E-state index contributed by atoms with van der Waals surface area (Å²) >= 11 is 5.94. The number of hydrogen-bond donors (Lipinski definition) is 0. The third-order valence-electron chi connectivity index (χ3n) is 3.87. The Morgan fingerprint density at radius 1 is 1.17 bits per heavy atom. The second kappa shape index (κ2) is 7.98. The maximum absolute atomic E-state index is 12.1. The molecule has 132 valence electrons. The van der Waals surface area contributed by atoms with Gasteiger partial charge in [-0.3, -0.25) is 4.79 Å². The van der Waals surface area contributed by atoms with Gasteiger partial charge in [0.15, 0.2) is 16.4 Å². The van der Waals surface area contributed by atoms with Crippen LogP contribution in [-0.2, 0) is 19.4 Å². The smallest absolute Gasteiger partial charge is 0.340 e. The quantitative estimate of drug-likeness (QED) is 0.756. The van der Waals surface area contributed by atoms with Crippen LogP contribution in [0.1, 0.15) is 36.0 Å². The van der Waals surface area contributed by atoms with Gasteiger partial charge in [0.25, 0.3) is 5.91 Å². The topological polar surface area (TPSA) is 80.7 Å². The standard InChI is InChI=1S/C16H20ClNO5S/c1-24(21,22)12-6-7-14(17)13(10-12)16(20)23-11-15(19)18-8-4-2-3-5-9-18/h6-7,10H,2-5,8-9,11H2,1H3. The second-order valence-corrected chi connectivity index (χ2v) is 8.21. The molecule has 1 amide bonds. The fourth-order valence-electron chi connectivity index (χ4n) is 2.51. The van der Waals surface area contributed by atoms with Crippen LogP contribution in [0, 0.1) is 0 Å². The summed E-state index contributed by atoms with van der Waals surface area (Å²) < 4.78 is 28.2. The minimum Gasteiger partial charge on any atom is -0.452 e. The first kappa shape index (κ1) is 18.7. The summed E-state index contributed by atoms with van der Waals surface area (Å²) in [4.78, 5) is 25.9. The van der Waals surface area contributed by atoms with Crippen molar-refractivity contribution in [2.24, 2.45) is 0 Å². The van der Waals surface area contributed by atoms with E-state index in [1.165, 1.54) is 12.1 Å². The molecule has 0 bridgehead atoms. The number of halogens is 1. The molecule has 1 aromatic rings. The molecule has 0 atom stereocenters. The summed E-state index contributed by atoms with van der Waals surface area (Å²) in [7, 11) is -3.47. The van der Waals surface area contributed by atoms with Crippen molar-refractivity contribution in [1.29, 1.82) is 0 Å². The van der Waals surface area contributed by atoms with Gasteiger partial charge in [-0.05, 0) is 31.0 Å². The molecule has 8 heteroatoms. The number of nitrogens with zero attached hydrogens (tertiary/aromatic N) is 1. The molecule has 0 spiro atoms. The molecule has 1 saturated heterocycles. The molecule has 0 radical (unpaired) electrons. The van der Waals surface area contributed by atoms with Crippen molar-refractivity contribution in [3.63, 3.8) is 0 Å². The van der Waals surface area contributed by atoms with Gasteiger partial charge in [-0.2, -0.15) is 0 Å². The van der Waals surface area contributed by atoms with E-state index in [1.807, 2.05) is 0 Å². The van der Waals surface area contributed by atoms with Crippen molar-refractivity contribution in [3.05, 3.63) is 28.8 Å². The normalized spacial score (nSPS) is 15.7. The van der Waals surface area contributed by atoms with Crippen molar-refractivity contribution in [1.82, 2.24) is 4.90 Å². The van der Waals surface area contributed by atoms with Crippen LogP contribution in [0.25, 0.3) is 0 Å². The number of ether oxygens (including phenoxy) is 1. The van der Waals surface area contributed by atoms with E-state index >= 15 is 0 Å². The summed E-state index contributed by atoms with van der Waals surface area (Å²) in [6, 6.07) is 3.80. The van der Waals surface area contributed by atoms with E-state index in [-0.39, 0.29) is 28.0 Å². The zero-order valence-electron chi connectivity index (χ0n) is 13.5. The number of hydrogen-bond acceptors (Lipinski definition) is 5. The van der Waals surface area contributed by atoms with Gasteiger partial charge in [-0.1, -0.05) is 24.4 Å². The van der Waals surface area contributed by atoms with Crippen LogP contribution in [0.4, 0.5) is 0 Å². The Bertz CT molecular complexity index is 724. The highest BCUT2D eigenvalue weighted by molar-refractivity contribution is 7.90. The lowest BCUT2D eigenvalue weighted by molar-refractivity contribution is -0.134. The van der Waals surface area contributed by atoms with E-state index in [1.54, 1.807) is 4.90 Å². The molecular weight excluding hydrogens is 354 g/mol. The minimum atomic E-state index is -3.47. The molecule has 1 aromatic carbocycles. The predicted molar refractivity (Wildman–Crippen MR) is 89.9 cm³/mol. The molecule has 0 saturated carbocycles. The monoisotopic (exact) mass is 373 g/mol. The maximum Gasteiger partial charge on any atom is 0.340 e. The lowest BCUT2D eigenvalue weighted by Crippen LogP contribution is -2.35. The summed E-state index contributed by atoms with van der Waals surface area (Å²) in [5, 5.41) is 0.0784. The van der Waals surface area contributed by atoms with Crippen LogP contribution in [0.15, 0.2) is 23.1 Å². The van der Waals surface area contributed by atoms with Crippen LogP contribution in [0.5, 0.6) is 0 Å². The lowest BCUT2D eigenvalue weighted by atomic mass is 10.2. The number of rotatable bonds is 4. The Morgan fingerprint density at radius 2 is 1.79 bits per heavy atom.